The Morgan fingerprint density at radius 3 is 2.71 bits per heavy atom. The van der Waals surface area contributed by atoms with Crippen molar-refractivity contribution in [3.8, 4) is 0 Å². The van der Waals surface area contributed by atoms with E-state index in [0.29, 0.717) is 18.5 Å². The van der Waals surface area contributed by atoms with Gasteiger partial charge in [0.2, 0.25) is 0 Å². The van der Waals surface area contributed by atoms with Crippen molar-refractivity contribution in [2.24, 2.45) is 5.92 Å². The van der Waals surface area contributed by atoms with Gasteiger partial charge in [-0.1, -0.05) is 6.42 Å². The summed E-state index contributed by atoms with van der Waals surface area (Å²) in [6.07, 6.45) is 4.03. The number of amides is 2. The third-order valence-electron chi connectivity index (χ3n) is 3.98. The zero-order valence-electron chi connectivity index (χ0n) is 10.5. The quantitative estimate of drug-likeness (QED) is 0.691. The van der Waals surface area contributed by atoms with E-state index in [2.05, 4.69) is 4.74 Å². The number of ether oxygens (including phenoxy) is 1. The molecule has 2 aliphatic rings. The predicted molar refractivity (Wildman–Crippen MR) is 62.5 cm³/mol. The molecule has 96 valence electrons. The van der Waals surface area contributed by atoms with Crippen LogP contribution in [-0.4, -0.2) is 55.1 Å². The Kier molecular flexibility index (Phi) is 3.54. The molecule has 17 heavy (non-hydrogen) atoms. The molecule has 2 rings (SSSR count). The summed E-state index contributed by atoms with van der Waals surface area (Å²) in [6.45, 7) is 1.23. The van der Waals surface area contributed by atoms with Crippen LogP contribution >= 0.6 is 0 Å². The third kappa shape index (κ3) is 2.37. The van der Waals surface area contributed by atoms with Crippen LogP contribution in [0.25, 0.3) is 0 Å². The standard InChI is InChI=1S/C12H20N2O3/c1-13-10(9-4-3-5-9)8-14(12(13)16)7-6-11(15)17-2/h9-10H,3-8H2,1-2H3. The first-order chi connectivity index (χ1) is 8.13. The molecule has 0 aromatic rings. The number of rotatable bonds is 4. The van der Waals surface area contributed by atoms with Gasteiger partial charge in [0.25, 0.3) is 0 Å². The molecule has 1 aliphatic heterocycles. The molecule has 5 nitrogen and oxygen atoms in total. The number of urea groups is 1. The first-order valence-electron chi connectivity index (χ1n) is 6.22. The maximum atomic E-state index is 12.0. The van der Waals surface area contributed by atoms with Gasteiger partial charge in [-0.3, -0.25) is 4.79 Å². The van der Waals surface area contributed by atoms with E-state index in [-0.39, 0.29) is 18.4 Å². The molecule has 0 N–H and O–H groups in total. The summed E-state index contributed by atoms with van der Waals surface area (Å²) in [5.74, 6) is 0.402. The topological polar surface area (TPSA) is 49.9 Å². The molecular formula is C12H20N2O3. The monoisotopic (exact) mass is 240 g/mol. The van der Waals surface area contributed by atoms with Gasteiger partial charge in [-0.25, -0.2) is 4.79 Å². The highest BCUT2D eigenvalue weighted by molar-refractivity contribution is 5.78. The summed E-state index contributed by atoms with van der Waals surface area (Å²) in [5.41, 5.74) is 0. The van der Waals surface area contributed by atoms with Crippen LogP contribution in [0, 0.1) is 5.92 Å². The summed E-state index contributed by atoms with van der Waals surface area (Å²) in [4.78, 5) is 26.6. The average Bonchev–Trinajstić information content (AvgIpc) is 2.52. The van der Waals surface area contributed by atoms with Crippen molar-refractivity contribution in [3.63, 3.8) is 0 Å². The molecular weight excluding hydrogens is 220 g/mol. The van der Waals surface area contributed by atoms with Gasteiger partial charge in [0.1, 0.15) is 0 Å². The largest absolute Gasteiger partial charge is 0.469 e. The van der Waals surface area contributed by atoms with E-state index < -0.39 is 0 Å². The van der Waals surface area contributed by atoms with E-state index in [0.717, 1.165) is 6.54 Å². The Hall–Kier alpha value is -1.26. The van der Waals surface area contributed by atoms with E-state index in [1.807, 2.05) is 11.9 Å². The summed E-state index contributed by atoms with van der Waals surface area (Å²) in [7, 11) is 3.24. The second-order valence-electron chi connectivity index (χ2n) is 4.92. The molecule has 0 radical (unpaired) electrons. The first kappa shape index (κ1) is 12.2. The minimum atomic E-state index is -0.257. The Morgan fingerprint density at radius 1 is 1.47 bits per heavy atom. The lowest BCUT2D eigenvalue weighted by Crippen LogP contribution is -2.39. The van der Waals surface area contributed by atoms with Gasteiger partial charge in [0.05, 0.1) is 19.6 Å². The van der Waals surface area contributed by atoms with Gasteiger partial charge in [-0.15, -0.1) is 0 Å². The number of nitrogens with zero attached hydrogens (tertiary/aromatic N) is 2. The van der Waals surface area contributed by atoms with Crippen molar-refractivity contribution in [2.75, 3.05) is 27.2 Å². The fourth-order valence-electron chi connectivity index (χ4n) is 2.60. The number of carbonyl (C=O) groups excluding carboxylic acids is 2. The highest BCUT2D eigenvalue weighted by atomic mass is 16.5. The molecule has 1 atom stereocenters. The van der Waals surface area contributed by atoms with Crippen molar-refractivity contribution in [2.45, 2.75) is 31.7 Å². The Labute approximate surface area is 102 Å². The summed E-state index contributed by atoms with van der Waals surface area (Å²) in [6, 6.07) is 0.389. The first-order valence-corrected chi connectivity index (χ1v) is 6.22. The molecule has 0 bridgehead atoms. The molecule has 0 aromatic carbocycles. The Bertz CT molecular complexity index is 315. The molecule has 0 spiro atoms. The van der Waals surface area contributed by atoms with Gasteiger partial charge in [-0.05, 0) is 18.8 Å². The maximum absolute atomic E-state index is 12.0. The van der Waals surface area contributed by atoms with Gasteiger partial charge in [0.15, 0.2) is 0 Å². The number of methoxy groups -OCH3 is 1. The number of hydrogen-bond acceptors (Lipinski definition) is 3. The lowest BCUT2D eigenvalue weighted by Gasteiger charge is -2.34. The Morgan fingerprint density at radius 2 is 2.18 bits per heavy atom. The Balaban J connectivity index is 1.87. The summed E-state index contributed by atoms with van der Waals surface area (Å²) in [5, 5.41) is 0. The normalized spacial score (nSPS) is 25.1. The van der Waals surface area contributed by atoms with Crippen LogP contribution in [0.15, 0.2) is 0 Å². The predicted octanol–water partition coefficient (Wildman–Crippen LogP) is 1.09. The van der Waals surface area contributed by atoms with E-state index in [1.54, 1.807) is 4.90 Å². The van der Waals surface area contributed by atoms with Crippen molar-refractivity contribution in [1.29, 1.82) is 0 Å². The van der Waals surface area contributed by atoms with Crippen LogP contribution in [0.3, 0.4) is 0 Å². The van der Waals surface area contributed by atoms with E-state index in [9.17, 15) is 9.59 Å². The molecule has 1 aliphatic carbocycles. The van der Waals surface area contributed by atoms with Crippen LogP contribution in [-0.2, 0) is 9.53 Å². The maximum Gasteiger partial charge on any atom is 0.320 e. The summed E-state index contributed by atoms with van der Waals surface area (Å²) >= 11 is 0. The highest BCUT2D eigenvalue weighted by Crippen LogP contribution is 2.34. The van der Waals surface area contributed by atoms with Crippen molar-refractivity contribution >= 4 is 12.0 Å². The fourth-order valence-corrected chi connectivity index (χ4v) is 2.60. The van der Waals surface area contributed by atoms with E-state index >= 15 is 0 Å². The minimum absolute atomic E-state index is 0.0470. The fraction of sp³-hybridized carbons (Fsp3) is 0.833. The van der Waals surface area contributed by atoms with Crippen LogP contribution < -0.4 is 0 Å². The molecule has 5 heteroatoms. The second kappa shape index (κ2) is 4.94. The van der Waals surface area contributed by atoms with Crippen molar-refractivity contribution in [1.82, 2.24) is 9.80 Å². The smallest absolute Gasteiger partial charge is 0.320 e. The van der Waals surface area contributed by atoms with Crippen molar-refractivity contribution < 1.29 is 14.3 Å². The van der Waals surface area contributed by atoms with E-state index in [1.165, 1.54) is 26.4 Å². The molecule has 1 saturated carbocycles. The van der Waals surface area contributed by atoms with Crippen LogP contribution in [0.4, 0.5) is 4.79 Å². The molecule has 1 saturated heterocycles. The molecule has 1 heterocycles. The van der Waals surface area contributed by atoms with Gasteiger partial charge in [-0.2, -0.15) is 0 Å². The molecule has 2 fully saturated rings. The van der Waals surface area contributed by atoms with E-state index in [4.69, 9.17) is 0 Å². The minimum Gasteiger partial charge on any atom is -0.469 e. The molecule has 1 unspecified atom stereocenters. The second-order valence-corrected chi connectivity index (χ2v) is 4.92. The average molecular weight is 240 g/mol. The SMILES string of the molecule is COC(=O)CCN1CC(C2CCC2)N(C)C1=O. The summed E-state index contributed by atoms with van der Waals surface area (Å²) < 4.78 is 4.59. The zero-order chi connectivity index (χ0) is 12.4. The van der Waals surface area contributed by atoms with Crippen LogP contribution in [0.1, 0.15) is 25.7 Å². The number of likely N-dealkylation sites (N-methyl/N-ethyl adjacent to an activating group) is 1. The lowest BCUT2D eigenvalue weighted by atomic mass is 9.79. The van der Waals surface area contributed by atoms with Gasteiger partial charge >= 0.3 is 12.0 Å². The number of esters is 1. The van der Waals surface area contributed by atoms with Gasteiger partial charge in [0, 0.05) is 20.1 Å². The zero-order valence-corrected chi connectivity index (χ0v) is 10.5. The van der Waals surface area contributed by atoms with Gasteiger partial charge < -0.3 is 14.5 Å². The lowest BCUT2D eigenvalue weighted by molar-refractivity contribution is -0.140. The molecule has 0 aromatic heterocycles. The highest BCUT2D eigenvalue weighted by Gasteiger charge is 2.40. The van der Waals surface area contributed by atoms with Crippen LogP contribution in [0.5, 0.6) is 0 Å². The van der Waals surface area contributed by atoms with Crippen LogP contribution in [0.2, 0.25) is 0 Å². The third-order valence-corrected chi connectivity index (χ3v) is 3.98. The number of carbonyl (C=O) groups is 2. The van der Waals surface area contributed by atoms with Crippen molar-refractivity contribution in [3.05, 3.63) is 0 Å². The number of hydrogen-bond donors (Lipinski definition) is 0. The molecule has 2 amide bonds.